The molecule has 0 spiro atoms. The van der Waals surface area contributed by atoms with Gasteiger partial charge in [-0.15, -0.1) is 6.58 Å². The van der Waals surface area contributed by atoms with Crippen LogP contribution in [0.15, 0.2) is 12.7 Å². The van der Waals surface area contributed by atoms with Crippen molar-refractivity contribution in [3.05, 3.63) is 12.7 Å². The molecule has 98 valence electrons. The molecule has 1 saturated carbocycles. The summed E-state index contributed by atoms with van der Waals surface area (Å²) in [7, 11) is 0. The molecule has 0 aromatic carbocycles. The molecule has 1 aliphatic carbocycles. The van der Waals surface area contributed by atoms with Gasteiger partial charge in [0.15, 0.2) is 0 Å². The van der Waals surface area contributed by atoms with Crippen molar-refractivity contribution in [2.45, 2.75) is 45.4 Å². The average molecular weight is 238 g/mol. The van der Waals surface area contributed by atoms with E-state index in [1.807, 2.05) is 11.8 Å². The van der Waals surface area contributed by atoms with Crippen LogP contribution in [-0.4, -0.2) is 30.4 Å². The minimum Gasteiger partial charge on any atom is -0.339 e. The third-order valence-electron chi connectivity index (χ3n) is 3.96. The first kappa shape index (κ1) is 14.2. The Kier molecular flexibility index (Phi) is 5.69. The summed E-state index contributed by atoms with van der Waals surface area (Å²) in [5, 5.41) is 0. The van der Waals surface area contributed by atoms with E-state index in [1.165, 1.54) is 19.3 Å². The number of amides is 1. The molecule has 0 atom stereocenters. The smallest absolute Gasteiger partial charge is 0.223 e. The third-order valence-corrected chi connectivity index (χ3v) is 3.96. The second kappa shape index (κ2) is 6.80. The lowest BCUT2D eigenvalue weighted by atomic mass is 9.71. The van der Waals surface area contributed by atoms with Gasteiger partial charge in [0.1, 0.15) is 0 Å². The van der Waals surface area contributed by atoms with E-state index < -0.39 is 0 Å². The second-order valence-electron chi connectivity index (χ2n) is 5.16. The molecule has 0 unspecified atom stereocenters. The zero-order chi connectivity index (χ0) is 12.7. The number of nitrogens with zero attached hydrogens (tertiary/aromatic N) is 1. The van der Waals surface area contributed by atoms with Gasteiger partial charge in [0.25, 0.3) is 0 Å². The number of likely N-dealkylation sites (N-methyl/N-ethyl adjacent to an activating group) is 1. The Labute approximate surface area is 105 Å². The third kappa shape index (κ3) is 3.84. The molecule has 0 heterocycles. The lowest BCUT2D eigenvalue weighted by Gasteiger charge is -2.37. The molecule has 1 fully saturated rings. The number of hydrogen-bond acceptors (Lipinski definition) is 2. The molecule has 0 aliphatic heterocycles. The van der Waals surface area contributed by atoms with Crippen molar-refractivity contribution in [1.29, 1.82) is 0 Å². The van der Waals surface area contributed by atoms with Gasteiger partial charge in [-0.25, -0.2) is 0 Å². The molecule has 3 heteroatoms. The first-order valence-corrected chi connectivity index (χ1v) is 6.76. The predicted molar refractivity (Wildman–Crippen MR) is 71.6 cm³/mol. The summed E-state index contributed by atoms with van der Waals surface area (Å²) in [6.45, 7) is 7.76. The van der Waals surface area contributed by atoms with Crippen molar-refractivity contribution < 1.29 is 4.79 Å². The van der Waals surface area contributed by atoms with E-state index in [0.29, 0.717) is 19.5 Å². The van der Waals surface area contributed by atoms with Gasteiger partial charge in [0.2, 0.25) is 5.91 Å². The molecule has 3 nitrogen and oxygen atoms in total. The molecular formula is C14H26N2O. The Hall–Kier alpha value is -0.830. The van der Waals surface area contributed by atoms with Crippen LogP contribution in [0.2, 0.25) is 0 Å². The highest BCUT2D eigenvalue weighted by Crippen LogP contribution is 2.38. The highest BCUT2D eigenvalue weighted by Gasteiger charge is 2.33. The Morgan fingerprint density at radius 2 is 2.06 bits per heavy atom. The van der Waals surface area contributed by atoms with Crippen LogP contribution >= 0.6 is 0 Å². The molecule has 0 aromatic rings. The Morgan fingerprint density at radius 1 is 1.41 bits per heavy atom. The van der Waals surface area contributed by atoms with Crippen LogP contribution in [0.3, 0.4) is 0 Å². The van der Waals surface area contributed by atoms with Crippen LogP contribution in [0.25, 0.3) is 0 Å². The van der Waals surface area contributed by atoms with E-state index in [9.17, 15) is 4.79 Å². The summed E-state index contributed by atoms with van der Waals surface area (Å²) < 4.78 is 0. The van der Waals surface area contributed by atoms with E-state index in [2.05, 4.69) is 6.58 Å². The molecule has 2 N–H and O–H groups in total. The molecule has 0 bridgehead atoms. The van der Waals surface area contributed by atoms with Crippen molar-refractivity contribution >= 4 is 5.91 Å². The van der Waals surface area contributed by atoms with Gasteiger partial charge in [-0.05, 0) is 31.7 Å². The minimum atomic E-state index is 0.0733. The number of carbonyl (C=O) groups is 1. The van der Waals surface area contributed by atoms with Gasteiger partial charge in [0, 0.05) is 19.5 Å². The van der Waals surface area contributed by atoms with Gasteiger partial charge >= 0.3 is 0 Å². The van der Waals surface area contributed by atoms with Crippen molar-refractivity contribution in [1.82, 2.24) is 4.90 Å². The van der Waals surface area contributed by atoms with Crippen LogP contribution < -0.4 is 5.73 Å². The lowest BCUT2D eigenvalue weighted by molar-refractivity contribution is -0.133. The van der Waals surface area contributed by atoms with Crippen LogP contribution in [0.1, 0.15) is 45.4 Å². The van der Waals surface area contributed by atoms with Gasteiger partial charge in [-0.2, -0.15) is 0 Å². The second-order valence-corrected chi connectivity index (χ2v) is 5.16. The highest BCUT2D eigenvalue weighted by molar-refractivity contribution is 5.77. The van der Waals surface area contributed by atoms with E-state index in [-0.39, 0.29) is 11.3 Å². The number of rotatable bonds is 6. The van der Waals surface area contributed by atoms with Crippen molar-refractivity contribution in [2.75, 3.05) is 19.6 Å². The quantitative estimate of drug-likeness (QED) is 0.722. The summed E-state index contributed by atoms with van der Waals surface area (Å²) in [5.74, 6) is 0.236. The van der Waals surface area contributed by atoms with Gasteiger partial charge in [0.05, 0.1) is 0 Å². The normalized spacial score (nSPS) is 18.7. The fraction of sp³-hybridized carbons (Fsp3) is 0.786. The molecule has 0 aromatic heterocycles. The van der Waals surface area contributed by atoms with Gasteiger partial charge in [-0.1, -0.05) is 25.3 Å². The fourth-order valence-corrected chi connectivity index (χ4v) is 2.75. The van der Waals surface area contributed by atoms with Crippen molar-refractivity contribution in [2.24, 2.45) is 11.1 Å². The Morgan fingerprint density at radius 3 is 2.53 bits per heavy atom. The van der Waals surface area contributed by atoms with Crippen LogP contribution in [0, 0.1) is 5.41 Å². The lowest BCUT2D eigenvalue weighted by Crippen LogP contribution is -2.40. The standard InChI is InChI=1S/C14H26N2O/c1-3-10-16(4-2)13(17)11-14(12-15)8-6-5-7-9-14/h3H,1,4-12,15H2,2H3. The molecule has 0 saturated heterocycles. The van der Waals surface area contributed by atoms with E-state index in [4.69, 9.17) is 5.73 Å². The van der Waals surface area contributed by atoms with Crippen LogP contribution in [0.5, 0.6) is 0 Å². The Balaban J connectivity index is 2.59. The van der Waals surface area contributed by atoms with E-state index in [1.54, 1.807) is 6.08 Å². The van der Waals surface area contributed by atoms with Crippen molar-refractivity contribution in [3.63, 3.8) is 0 Å². The molecule has 1 amide bonds. The average Bonchev–Trinajstić information content (AvgIpc) is 2.36. The number of nitrogens with two attached hydrogens (primary N) is 1. The summed E-state index contributed by atoms with van der Waals surface area (Å²) in [6, 6.07) is 0. The van der Waals surface area contributed by atoms with Gasteiger partial charge in [-0.3, -0.25) is 4.79 Å². The maximum absolute atomic E-state index is 12.2. The largest absolute Gasteiger partial charge is 0.339 e. The molecule has 1 aliphatic rings. The Bertz CT molecular complexity index is 257. The summed E-state index contributed by atoms with van der Waals surface area (Å²) >= 11 is 0. The number of hydrogen-bond donors (Lipinski definition) is 1. The number of carbonyl (C=O) groups excluding carboxylic acids is 1. The zero-order valence-corrected chi connectivity index (χ0v) is 11.1. The molecule has 17 heavy (non-hydrogen) atoms. The summed E-state index contributed by atoms with van der Waals surface area (Å²) in [6.07, 6.45) is 8.36. The van der Waals surface area contributed by atoms with Crippen molar-refractivity contribution in [3.8, 4) is 0 Å². The first-order valence-electron chi connectivity index (χ1n) is 6.76. The molecule has 1 rings (SSSR count). The van der Waals surface area contributed by atoms with Crippen LogP contribution in [-0.2, 0) is 4.79 Å². The molecular weight excluding hydrogens is 212 g/mol. The summed E-state index contributed by atoms with van der Waals surface area (Å²) in [5.41, 5.74) is 5.98. The first-order chi connectivity index (χ1) is 8.17. The van der Waals surface area contributed by atoms with E-state index >= 15 is 0 Å². The SMILES string of the molecule is C=CCN(CC)C(=O)CC1(CN)CCCCC1. The highest BCUT2D eigenvalue weighted by atomic mass is 16.2. The topological polar surface area (TPSA) is 46.3 Å². The predicted octanol–water partition coefficient (Wildman–Crippen LogP) is 2.32. The van der Waals surface area contributed by atoms with Crippen LogP contribution in [0.4, 0.5) is 0 Å². The minimum absolute atomic E-state index is 0.0733. The fourth-order valence-electron chi connectivity index (χ4n) is 2.75. The van der Waals surface area contributed by atoms with Gasteiger partial charge < -0.3 is 10.6 Å². The summed E-state index contributed by atoms with van der Waals surface area (Å²) in [4.78, 5) is 14.1. The zero-order valence-electron chi connectivity index (χ0n) is 11.1. The van der Waals surface area contributed by atoms with E-state index in [0.717, 1.165) is 19.4 Å². The molecule has 0 radical (unpaired) electrons. The maximum atomic E-state index is 12.2. The monoisotopic (exact) mass is 238 g/mol. The maximum Gasteiger partial charge on any atom is 0.223 e.